The highest BCUT2D eigenvalue weighted by atomic mass is 31.2. The van der Waals surface area contributed by atoms with Gasteiger partial charge in [-0.2, -0.15) is 0 Å². The maximum atomic E-state index is 13.1. The first-order valence-electron chi connectivity index (χ1n) is 42.8. The minimum atomic E-state index is -4.96. The molecule has 0 aromatic carbocycles. The Morgan fingerprint density at radius 2 is 0.471 bits per heavy atom. The van der Waals surface area contributed by atoms with Crippen LogP contribution >= 0.6 is 15.6 Å². The van der Waals surface area contributed by atoms with E-state index in [9.17, 15) is 43.2 Å². The molecule has 0 aliphatic heterocycles. The number of aliphatic hydroxyl groups is 1. The van der Waals surface area contributed by atoms with E-state index in [0.29, 0.717) is 25.7 Å². The molecule has 0 bridgehead atoms. The van der Waals surface area contributed by atoms with E-state index < -0.39 is 97.5 Å². The van der Waals surface area contributed by atoms with Crippen molar-refractivity contribution in [2.45, 2.75) is 446 Å². The van der Waals surface area contributed by atoms with Gasteiger partial charge >= 0.3 is 39.5 Å². The molecule has 0 fully saturated rings. The van der Waals surface area contributed by atoms with Gasteiger partial charge in [-0.1, -0.05) is 376 Å². The second kappa shape index (κ2) is 72.0. The Hall–Kier alpha value is -1.94. The van der Waals surface area contributed by atoms with Crippen LogP contribution in [0.15, 0.2) is 0 Å². The van der Waals surface area contributed by atoms with Crippen LogP contribution in [0.3, 0.4) is 0 Å². The van der Waals surface area contributed by atoms with Crippen molar-refractivity contribution in [3.8, 4) is 0 Å². The Kier molecular flexibility index (Phi) is 70.6. The lowest BCUT2D eigenvalue weighted by atomic mass is 9.99. The molecule has 0 spiro atoms. The monoisotopic (exact) mass is 1490 g/mol. The number of rotatable bonds is 80. The fraction of sp³-hybridized carbons (Fsp3) is 0.952. The first-order chi connectivity index (χ1) is 49.2. The minimum absolute atomic E-state index is 0.104. The van der Waals surface area contributed by atoms with Gasteiger partial charge in [0.2, 0.25) is 0 Å². The van der Waals surface area contributed by atoms with Crippen molar-refractivity contribution in [1.29, 1.82) is 0 Å². The van der Waals surface area contributed by atoms with Crippen molar-refractivity contribution >= 4 is 39.5 Å². The van der Waals surface area contributed by atoms with Gasteiger partial charge in [-0.05, 0) is 49.4 Å². The van der Waals surface area contributed by atoms with Crippen LogP contribution in [0.1, 0.15) is 428 Å². The van der Waals surface area contributed by atoms with Gasteiger partial charge in [-0.15, -0.1) is 0 Å². The summed E-state index contributed by atoms with van der Waals surface area (Å²) in [6.45, 7) is 14.3. The molecule has 606 valence electrons. The molecule has 17 nitrogen and oxygen atoms in total. The van der Waals surface area contributed by atoms with Crippen LogP contribution in [-0.2, 0) is 65.4 Å². The van der Waals surface area contributed by atoms with E-state index in [2.05, 4.69) is 55.4 Å². The van der Waals surface area contributed by atoms with Crippen molar-refractivity contribution in [2.75, 3.05) is 39.6 Å². The molecule has 5 unspecified atom stereocenters. The number of esters is 4. The van der Waals surface area contributed by atoms with Crippen molar-refractivity contribution in [3.05, 3.63) is 0 Å². The molecule has 0 saturated carbocycles. The second-order valence-corrected chi connectivity index (χ2v) is 34.2. The van der Waals surface area contributed by atoms with Gasteiger partial charge < -0.3 is 33.8 Å². The summed E-state index contributed by atoms with van der Waals surface area (Å²) < 4.78 is 68.7. The third-order valence-electron chi connectivity index (χ3n) is 20.0. The third kappa shape index (κ3) is 73.6. The zero-order valence-electron chi connectivity index (χ0n) is 67.2. The molecule has 0 aromatic heterocycles. The third-order valence-corrected chi connectivity index (χ3v) is 21.9. The molecule has 0 rings (SSSR count). The van der Waals surface area contributed by atoms with Crippen LogP contribution in [-0.4, -0.2) is 96.7 Å². The summed E-state index contributed by atoms with van der Waals surface area (Å²) in [5.74, 6) is 1.05. The summed E-state index contributed by atoms with van der Waals surface area (Å²) in [4.78, 5) is 73.1. The summed E-state index contributed by atoms with van der Waals surface area (Å²) in [6, 6.07) is 0. The molecule has 19 heteroatoms. The molecular weight excluding hydrogens is 1330 g/mol. The van der Waals surface area contributed by atoms with Crippen LogP contribution in [0.25, 0.3) is 0 Å². The number of hydrogen-bond donors (Lipinski definition) is 3. The molecular formula is C83H162O17P2. The summed E-state index contributed by atoms with van der Waals surface area (Å²) in [7, 11) is -9.92. The van der Waals surface area contributed by atoms with Crippen LogP contribution in [0.5, 0.6) is 0 Å². The molecule has 3 N–H and O–H groups in total. The molecule has 0 heterocycles. The van der Waals surface area contributed by atoms with Crippen molar-refractivity contribution < 1.29 is 80.2 Å². The Balaban J connectivity index is 5.21. The van der Waals surface area contributed by atoms with Crippen molar-refractivity contribution in [2.24, 2.45) is 23.7 Å². The van der Waals surface area contributed by atoms with Gasteiger partial charge in [0, 0.05) is 25.7 Å². The number of carbonyl (C=O) groups excluding carboxylic acids is 4. The van der Waals surface area contributed by atoms with Gasteiger partial charge in [0.1, 0.15) is 19.3 Å². The Bertz CT molecular complexity index is 1990. The lowest BCUT2D eigenvalue weighted by Gasteiger charge is -2.21. The van der Waals surface area contributed by atoms with Crippen LogP contribution in [0, 0.1) is 23.7 Å². The van der Waals surface area contributed by atoms with E-state index >= 15 is 0 Å². The van der Waals surface area contributed by atoms with Gasteiger partial charge in [-0.3, -0.25) is 37.3 Å². The maximum Gasteiger partial charge on any atom is 0.472 e. The zero-order chi connectivity index (χ0) is 75.3. The predicted octanol–water partition coefficient (Wildman–Crippen LogP) is 24.8. The van der Waals surface area contributed by atoms with Crippen LogP contribution in [0.4, 0.5) is 0 Å². The number of aliphatic hydroxyl groups excluding tert-OH is 1. The first kappa shape index (κ1) is 100. The van der Waals surface area contributed by atoms with Crippen LogP contribution < -0.4 is 0 Å². The average Bonchev–Trinajstić information content (AvgIpc) is 0.942. The Morgan fingerprint density at radius 1 is 0.275 bits per heavy atom. The Labute approximate surface area is 626 Å². The van der Waals surface area contributed by atoms with E-state index in [-0.39, 0.29) is 25.7 Å². The molecule has 0 aromatic rings. The maximum absolute atomic E-state index is 13.1. The highest BCUT2D eigenvalue weighted by Gasteiger charge is 2.30. The summed E-state index contributed by atoms with van der Waals surface area (Å²) >= 11 is 0. The minimum Gasteiger partial charge on any atom is -0.462 e. The molecule has 0 aliphatic carbocycles. The van der Waals surface area contributed by atoms with Gasteiger partial charge in [0.15, 0.2) is 12.2 Å². The molecule has 102 heavy (non-hydrogen) atoms. The first-order valence-corrected chi connectivity index (χ1v) is 45.8. The summed E-state index contributed by atoms with van der Waals surface area (Å²) in [5, 5.41) is 10.6. The number of hydrogen-bond acceptors (Lipinski definition) is 15. The number of phosphoric ester groups is 2. The number of carbonyl (C=O) groups is 4. The van der Waals surface area contributed by atoms with E-state index in [1.165, 1.54) is 231 Å². The van der Waals surface area contributed by atoms with Crippen molar-refractivity contribution in [3.63, 3.8) is 0 Å². The summed E-state index contributed by atoms with van der Waals surface area (Å²) in [5.41, 5.74) is 0. The molecule has 0 aliphatic rings. The predicted molar refractivity (Wildman–Crippen MR) is 418 cm³/mol. The SMILES string of the molecule is CCC(C)CCCCCCCCCCCCCCCCCCCCC(=O)OC[C@H](COP(=O)(O)OCC(O)COP(=O)(O)OC[C@@H](COC(=O)CCCCCCCCCCC(C)C)OC(=O)CCCCCCCCCCC(C)CC)OC(=O)CCCCCCCCCCCCCCCCC(C)C. The van der Waals surface area contributed by atoms with Crippen molar-refractivity contribution in [1.82, 2.24) is 0 Å². The van der Waals surface area contributed by atoms with E-state index in [1.807, 2.05) is 0 Å². The fourth-order valence-corrected chi connectivity index (χ4v) is 14.3. The lowest BCUT2D eigenvalue weighted by molar-refractivity contribution is -0.161. The lowest BCUT2D eigenvalue weighted by Crippen LogP contribution is -2.30. The molecule has 7 atom stereocenters. The van der Waals surface area contributed by atoms with E-state index in [1.54, 1.807) is 0 Å². The highest BCUT2D eigenvalue weighted by Crippen LogP contribution is 2.45. The summed E-state index contributed by atoms with van der Waals surface area (Å²) in [6.07, 6.45) is 59.7. The molecule has 0 saturated heterocycles. The second-order valence-electron chi connectivity index (χ2n) is 31.3. The smallest absolute Gasteiger partial charge is 0.462 e. The fourth-order valence-electron chi connectivity index (χ4n) is 12.7. The highest BCUT2D eigenvalue weighted by molar-refractivity contribution is 7.47. The van der Waals surface area contributed by atoms with Gasteiger partial charge in [0.25, 0.3) is 0 Å². The van der Waals surface area contributed by atoms with Gasteiger partial charge in [0.05, 0.1) is 26.4 Å². The number of phosphoric acid groups is 2. The number of ether oxygens (including phenoxy) is 4. The van der Waals surface area contributed by atoms with E-state index in [0.717, 1.165) is 114 Å². The van der Waals surface area contributed by atoms with E-state index in [4.69, 9.17) is 37.0 Å². The average molecular weight is 1490 g/mol. The molecule has 0 amide bonds. The topological polar surface area (TPSA) is 237 Å². The largest absolute Gasteiger partial charge is 0.472 e. The van der Waals surface area contributed by atoms with Gasteiger partial charge in [-0.25, -0.2) is 9.13 Å². The molecule has 0 radical (unpaired) electrons. The van der Waals surface area contributed by atoms with Crippen LogP contribution in [0.2, 0.25) is 0 Å². The standard InChI is InChI=1S/C83H162O17P2/c1-9-75(7)61-53-45-37-28-24-20-15-13-11-12-14-16-21-25-29-39-47-55-63-80(85)93-69-78(99-82(87)65-57-49-41-30-26-22-18-17-19-23-27-35-43-51-59-73(3)4)71-97-101(89,90)95-67-77(84)68-96-102(91,92)98-72-79(70-94-81(86)64-56-48-40-33-31-36-44-52-60-74(5)6)100-83(88)66-58-50-42-34-32-38-46-54-62-76(8)10-2/h73-79,84H,9-72H2,1-8H3,(H,89,90)(H,91,92)/t75?,76?,77?,78-,79-/m1/s1. The number of unbranched alkanes of at least 4 members (excludes halogenated alkanes) is 44. The normalized spacial score (nSPS) is 14.5. The zero-order valence-corrected chi connectivity index (χ0v) is 69.0. The quantitative estimate of drug-likeness (QED) is 0.0222. The Morgan fingerprint density at radius 3 is 0.696 bits per heavy atom.